The van der Waals surface area contributed by atoms with Crippen molar-refractivity contribution in [2.45, 2.75) is 32.2 Å². The Hall–Kier alpha value is -1.99. The molecule has 2 aromatic heterocycles. The monoisotopic (exact) mass is 374 g/mol. The van der Waals surface area contributed by atoms with Crippen LogP contribution in [0.5, 0.6) is 0 Å². The Morgan fingerprint density at radius 2 is 2.04 bits per heavy atom. The summed E-state index contributed by atoms with van der Waals surface area (Å²) in [6.45, 7) is 5.57. The summed E-state index contributed by atoms with van der Waals surface area (Å²) >= 11 is 1.88. The zero-order valence-corrected chi connectivity index (χ0v) is 15.8. The Morgan fingerprint density at radius 1 is 1.23 bits per heavy atom. The molecule has 26 heavy (non-hydrogen) atoms. The Kier molecular flexibility index (Phi) is 6.96. The highest BCUT2D eigenvalue weighted by molar-refractivity contribution is 7.15. The third-order valence-electron chi connectivity index (χ3n) is 4.89. The normalized spacial score (nSPS) is 20.0. The van der Waals surface area contributed by atoms with Gasteiger partial charge in [0.25, 0.3) is 6.47 Å². The molecule has 0 amide bonds. The zero-order valence-electron chi connectivity index (χ0n) is 15.0. The maximum atomic E-state index is 8.36. The van der Waals surface area contributed by atoms with Gasteiger partial charge >= 0.3 is 0 Å². The van der Waals surface area contributed by atoms with Crippen molar-refractivity contribution in [3.8, 4) is 0 Å². The van der Waals surface area contributed by atoms with Gasteiger partial charge in [-0.3, -0.25) is 14.7 Å². The first-order chi connectivity index (χ1) is 12.8. The second-order valence-electron chi connectivity index (χ2n) is 6.82. The minimum absolute atomic E-state index is 0.250. The molecule has 1 unspecified atom stereocenters. The van der Waals surface area contributed by atoms with Crippen molar-refractivity contribution in [3.63, 3.8) is 0 Å². The van der Waals surface area contributed by atoms with Crippen LogP contribution in [-0.2, 0) is 17.8 Å². The predicted molar refractivity (Wildman–Crippen MR) is 104 cm³/mol. The molecule has 0 aliphatic carbocycles. The van der Waals surface area contributed by atoms with Crippen LogP contribution in [-0.4, -0.2) is 52.6 Å². The van der Waals surface area contributed by atoms with Gasteiger partial charge in [-0.05, 0) is 50.3 Å². The van der Waals surface area contributed by atoms with Crippen molar-refractivity contribution in [2.75, 3.05) is 31.1 Å². The first-order valence-corrected chi connectivity index (χ1v) is 10.00. The number of thiazole rings is 1. The molecule has 0 bridgehead atoms. The van der Waals surface area contributed by atoms with E-state index in [0.29, 0.717) is 0 Å². The van der Waals surface area contributed by atoms with Crippen molar-refractivity contribution in [1.29, 1.82) is 0 Å². The molecule has 6 nitrogen and oxygen atoms in total. The molecule has 7 heteroatoms. The second kappa shape index (κ2) is 9.64. The minimum Gasteiger partial charge on any atom is -0.483 e. The number of nitrogens with zero attached hydrogens (tertiary/aromatic N) is 4. The predicted octanol–water partition coefficient (Wildman–Crippen LogP) is 2.90. The summed E-state index contributed by atoms with van der Waals surface area (Å²) in [5.74, 6) is 0.746. The van der Waals surface area contributed by atoms with Gasteiger partial charge in [-0.25, -0.2) is 4.98 Å². The fourth-order valence-electron chi connectivity index (χ4n) is 3.68. The highest BCUT2D eigenvalue weighted by Crippen LogP contribution is 2.28. The molecule has 2 saturated heterocycles. The summed E-state index contributed by atoms with van der Waals surface area (Å²) in [7, 11) is 0. The average molecular weight is 375 g/mol. The van der Waals surface area contributed by atoms with Crippen molar-refractivity contribution >= 4 is 22.9 Å². The Balaban J connectivity index is 0.000000613. The molecule has 0 saturated carbocycles. The highest BCUT2D eigenvalue weighted by atomic mass is 32.1. The number of carboxylic acid groups (broad SMARTS) is 1. The van der Waals surface area contributed by atoms with E-state index in [9.17, 15) is 0 Å². The van der Waals surface area contributed by atoms with Crippen LogP contribution in [0, 0.1) is 5.92 Å². The number of rotatable bonds is 5. The largest absolute Gasteiger partial charge is 0.483 e. The Morgan fingerprint density at radius 3 is 2.77 bits per heavy atom. The van der Waals surface area contributed by atoms with Crippen molar-refractivity contribution in [3.05, 3.63) is 41.2 Å². The molecule has 2 aromatic rings. The van der Waals surface area contributed by atoms with E-state index < -0.39 is 0 Å². The quantitative estimate of drug-likeness (QED) is 0.812. The Labute approximate surface area is 158 Å². The number of hydrogen-bond acceptors (Lipinski definition) is 6. The maximum Gasteiger partial charge on any atom is 0.290 e. The summed E-state index contributed by atoms with van der Waals surface area (Å²) in [5.41, 5.74) is 1.23. The molecule has 2 fully saturated rings. The maximum absolute atomic E-state index is 8.36. The highest BCUT2D eigenvalue weighted by Gasteiger charge is 2.24. The lowest BCUT2D eigenvalue weighted by molar-refractivity contribution is -0.122. The molecule has 0 radical (unpaired) electrons. The molecular weight excluding hydrogens is 348 g/mol. The van der Waals surface area contributed by atoms with Crippen LogP contribution in [0.4, 0.5) is 5.13 Å². The molecule has 2 aliphatic heterocycles. The third kappa shape index (κ3) is 5.25. The van der Waals surface area contributed by atoms with Crippen LogP contribution in [0.15, 0.2) is 30.6 Å². The summed E-state index contributed by atoms with van der Waals surface area (Å²) in [4.78, 5) is 23.9. The fraction of sp³-hybridized carbons (Fsp3) is 0.526. The van der Waals surface area contributed by atoms with E-state index in [1.165, 1.54) is 61.1 Å². The average Bonchev–Trinajstić information content (AvgIpc) is 3.39. The van der Waals surface area contributed by atoms with Gasteiger partial charge in [0.05, 0.1) is 0 Å². The summed E-state index contributed by atoms with van der Waals surface area (Å²) < 4.78 is 0. The van der Waals surface area contributed by atoms with Gasteiger partial charge in [-0.2, -0.15) is 0 Å². The van der Waals surface area contributed by atoms with Crippen molar-refractivity contribution in [1.82, 2.24) is 14.9 Å². The Bertz CT molecular complexity index is 673. The smallest absolute Gasteiger partial charge is 0.290 e. The van der Waals surface area contributed by atoms with Crippen LogP contribution in [0.3, 0.4) is 0 Å². The second-order valence-corrected chi connectivity index (χ2v) is 7.92. The molecule has 4 heterocycles. The molecule has 1 N–H and O–H groups in total. The summed E-state index contributed by atoms with van der Waals surface area (Å²) in [6.07, 6.45) is 9.02. The lowest BCUT2D eigenvalue weighted by atomic mass is 10.0. The number of carbonyl (C=O) groups is 1. The molecule has 2 aliphatic rings. The number of aromatic nitrogens is 2. The molecule has 0 aromatic carbocycles. The molecule has 0 spiro atoms. The van der Waals surface area contributed by atoms with Crippen molar-refractivity contribution in [2.24, 2.45) is 5.92 Å². The number of pyridine rings is 1. The van der Waals surface area contributed by atoms with Crippen LogP contribution in [0.25, 0.3) is 0 Å². The first-order valence-electron chi connectivity index (χ1n) is 9.18. The van der Waals surface area contributed by atoms with E-state index in [-0.39, 0.29) is 6.47 Å². The van der Waals surface area contributed by atoms with Gasteiger partial charge < -0.3 is 10.0 Å². The van der Waals surface area contributed by atoms with Crippen LogP contribution >= 0.6 is 11.3 Å². The van der Waals surface area contributed by atoms with Gasteiger partial charge in [-0.1, -0.05) is 6.07 Å². The van der Waals surface area contributed by atoms with Crippen molar-refractivity contribution < 1.29 is 9.90 Å². The first kappa shape index (κ1) is 18.8. The topological polar surface area (TPSA) is 69.6 Å². The van der Waals surface area contributed by atoms with Crippen LogP contribution < -0.4 is 4.90 Å². The van der Waals surface area contributed by atoms with Gasteiger partial charge in [-0.15, -0.1) is 11.3 Å². The van der Waals surface area contributed by atoms with Crippen LogP contribution in [0.2, 0.25) is 0 Å². The van der Waals surface area contributed by atoms with Gasteiger partial charge in [0.15, 0.2) is 5.13 Å². The summed E-state index contributed by atoms with van der Waals surface area (Å²) in [5, 5.41) is 8.11. The zero-order chi connectivity index (χ0) is 18.2. The van der Waals surface area contributed by atoms with E-state index >= 15 is 0 Å². The molecule has 1 atom stereocenters. The van der Waals surface area contributed by atoms with Gasteiger partial charge in [0, 0.05) is 49.1 Å². The van der Waals surface area contributed by atoms with E-state index in [1.54, 1.807) is 0 Å². The van der Waals surface area contributed by atoms with Gasteiger partial charge in [0.2, 0.25) is 0 Å². The lowest BCUT2D eigenvalue weighted by Crippen LogP contribution is -2.20. The molecular formula is C19H26N4O2S. The standard InChI is InChI=1S/C18H24N4S.CH2O2/c1-2-7-19-16(5-1)11-15-6-10-21(13-15)14-17-12-20-18(23-17)22-8-3-4-9-22;2-1-3/h1-2,5,7,12,15H,3-4,6,8-11,13-14H2;1H,(H,2,3). The van der Waals surface area contributed by atoms with Crippen LogP contribution in [0.1, 0.15) is 29.8 Å². The number of hydrogen-bond donors (Lipinski definition) is 1. The van der Waals surface area contributed by atoms with E-state index in [2.05, 4.69) is 38.1 Å². The van der Waals surface area contributed by atoms with E-state index in [4.69, 9.17) is 9.90 Å². The molecule has 4 rings (SSSR count). The molecule has 140 valence electrons. The fourth-order valence-corrected chi connectivity index (χ4v) is 4.69. The SMILES string of the molecule is O=CO.c1ccc(CC2CCN(Cc3cnc(N4CCCC4)s3)C2)nc1. The van der Waals surface area contributed by atoms with Gasteiger partial charge in [0.1, 0.15) is 0 Å². The van der Waals surface area contributed by atoms with E-state index in [1.807, 2.05) is 23.6 Å². The number of anilines is 1. The lowest BCUT2D eigenvalue weighted by Gasteiger charge is -2.15. The number of likely N-dealkylation sites (tertiary alicyclic amines) is 1. The minimum atomic E-state index is -0.250. The summed E-state index contributed by atoms with van der Waals surface area (Å²) in [6, 6.07) is 6.23. The third-order valence-corrected chi connectivity index (χ3v) is 5.93. The van der Waals surface area contributed by atoms with E-state index in [0.717, 1.165) is 18.9 Å².